The number of halogens is 1. The second kappa shape index (κ2) is 11.2. The van der Waals surface area contributed by atoms with Gasteiger partial charge in [-0.3, -0.25) is 14.4 Å². The smallest absolute Gasteiger partial charge is 0.256 e. The first-order valence-electron chi connectivity index (χ1n) is 12.4. The lowest BCUT2D eigenvalue weighted by molar-refractivity contribution is -0.136. The van der Waals surface area contributed by atoms with E-state index >= 15 is 0 Å². The van der Waals surface area contributed by atoms with Gasteiger partial charge in [0.1, 0.15) is 5.66 Å². The predicted octanol–water partition coefficient (Wildman–Crippen LogP) is 4.42. The average Bonchev–Trinajstić information content (AvgIpc) is 3.34. The van der Waals surface area contributed by atoms with Crippen molar-refractivity contribution in [1.82, 2.24) is 9.80 Å². The zero-order chi connectivity index (χ0) is 27.6. The number of carbonyl (C=O) groups excluding carboxylic acids is 3. The number of benzene rings is 3. The standard InChI is InChI=1S/C29H28ClN3O5S/c1-37-24-12-11-22(15-25(24)38-2)31-26(34)17-39-18-27(35)32-13-14-33-28(36)23-6-4-3-5-19(23)16-29(32,33)20-7-9-21(30)10-8-20/h3-12,15H,13-14,16-18H2,1-2H3,(H,31,34). The van der Waals surface area contributed by atoms with Crippen LogP contribution in [0.3, 0.4) is 0 Å². The molecule has 5 rings (SSSR count). The molecule has 3 amide bonds. The van der Waals surface area contributed by atoms with Crippen LogP contribution in [0.2, 0.25) is 5.02 Å². The Morgan fingerprint density at radius 1 is 0.974 bits per heavy atom. The molecule has 2 heterocycles. The van der Waals surface area contributed by atoms with Crippen molar-refractivity contribution in [3.8, 4) is 11.5 Å². The number of nitrogens with one attached hydrogen (secondary N) is 1. The fraction of sp³-hybridized carbons (Fsp3) is 0.276. The molecule has 0 saturated carbocycles. The maximum atomic E-state index is 13.6. The summed E-state index contributed by atoms with van der Waals surface area (Å²) in [5.74, 6) is 0.789. The molecule has 8 nitrogen and oxygen atoms in total. The third-order valence-electron chi connectivity index (χ3n) is 7.10. The number of carbonyl (C=O) groups is 3. The number of fused-ring (bicyclic) bond motifs is 2. The lowest BCUT2D eigenvalue weighted by Crippen LogP contribution is -2.58. The first kappa shape index (κ1) is 26.9. The van der Waals surface area contributed by atoms with Crippen LogP contribution >= 0.6 is 23.4 Å². The zero-order valence-electron chi connectivity index (χ0n) is 21.6. The van der Waals surface area contributed by atoms with Crippen molar-refractivity contribution in [3.05, 3.63) is 88.4 Å². The molecular formula is C29H28ClN3O5S. The van der Waals surface area contributed by atoms with Gasteiger partial charge in [0.25, 0.3) is 5.91 Å². The molecule has 2 aliphatic rings. The first-order chi connectivity index (χ1) is 18.9. The molecule has 0 bridgehead atoms. The average molecular weight is 566 g/mol. The lowest BCUT2D eigenvalue weighted by atomic mass is 9.84. The largest absolute Gasteiger partial charge is 0.493 e. The van der Waals surface area contributed by atoms with Gasteiger partial charge in [-0.15, -0.1) is 11.8 Å². The summed E-state index contributed by atoms with van der Waals surface area (Å²) in [5.41, 5.74) is 2.01. The van der Waals surface area contributed by atoms with E-state index in [0.29, 0.717) is 47.3 Å². The summed E-state index contributed by atoms with van der Waals surface area (Å²) in [7, 11) is 3.07. The number of hydrogen-bond donors (Lipinski definition) is 1. The Hall–Kier alpha value is -3.69. The molecule has 1 atom stereocenters. The second-order valence-corrected chi connectivity index (χ2v) is 10.7. The summed E-state index contributed by atoms with van der Waals surface area (Å²) in [6, 6.07) is 20.0. The quantitative estimate of drug-likeness (QED) is 0.435. The van der Waals surface area contributed by atoms with Crippen molar-refractivity contribution < 1.29 is 23.9 Å². The monoisotopic (exact) mass is 565 g/mol. The van der Waals surface area contributed by atoms with Gasteiger partial charge in [0.2, 0.25) is 11.8 Å². The van der Waals surface area contributed by atoms with Crippen molar-refractivity contribution in [3.63, 3.8) is 0 Å². The number of thioether (sulfide) groups is 1. The van der Waals surface area contributed by atoms with Gasteiger partial charge in [-0.25, -0.2) is 0 Å². The van der Waals surface area contributed by atoms with E-state index < -0.39 is 5.66 Å². The summed E-state index contributed by atoms with van der Waals surface area (Å²) in [6.45, 7) is 0.825. The van der Waals surface area contributed by atoms with Crippen molar-refractivity contribution in [2.75, 3.05) is 44.1 Å². The van der Waals surface area contributed by atoms with Gasteiger partial charge >= 0.3 is 0 Å². The number of amides is 3. The lowest BCUT2D eigenvalue weighted by Gasteiger charge is -2.47. The molecular weight excluding hydrogens is 538 g/mol. The highest BCUT2D eigenvalue weighted by Crippen LogP contribution is 2.45. The highest BCUT2D eigenvalue weighted by atomic mass is 35.5. The van der Waals surface area contributed by atoms with Crippen molar-refractivity contribution in [1.29, 1.82) is 0 Å². The van der Waals surface area contributed by atoms with Crippen LogP contribution in [0, 0.1) is 0 Å². The van der Waals surface area contributed by atoms with Gasteiger partial charge in [-0.2, -0.15) is 0 Å². The van der Waals surface area contributed by atoms with E-state index in [9.17, 15) is 14.4 Å². The normalized spacial score (nSPS) is 17.9. The van der Waals surface area contributed by atoms with Crippen LogP contribution in [-0.2, 0) is 21.7 Å². The van der Waals surface area contributed by atoms with Crippen LogP contribution in [0.5, 0.6) is 11.5 Å². The topological polar surface area (TPSA) is 88.2 Å². The predicted molar refractivity (Wildman–Crippen MR) is 152 cm³/mol. The van der Waals surface area contributed by atoms with Gasteiger partial charge < -0.3 is 24.6 Å². The Kier molecular flexibility index (Phi) is 7.72. The molecule has 10 heteroatoms. The summed E-state index contributed by atoms with van der Waals surface area (Å²) in [5, 5.41) is 3.41. The fourth-order valence-corrected chi connectivity index (χ4v) is 6.17. The summed E-state index contributed by atoms with van der Waals surface area (Å²) >= 11 is 7.40. The Balaban J connectivity index is 1.31. The third-order valence-corrected chi connectivity index (χ3v) is 8.27. The molecule has 1 fully saturated rings. The van der Waals surface area contributed by atoms with E-state index in [1.165, 1.54) is 18.9 Å². The van der Waals surface area contributed by atoms with Crippen LogP contribution < -0.4 is 14.8 Å². The van der Waals surface area contributed by atoms with Gasteiger partial charge in [0.15, 0.2) is 11.5 Å². The van der Waals surface area contributed by atoms with Gasteiger partial charge in [-0.1, -0.05) is 41.9 Å². The third kappa shape index (κ3) is 5.04. The van der Waals surface area contributed by atoms with Crippen LogP contribution in [0.15, 0.2) is 66.7 Å². The summed E-state index contributed by atoms with van der Waals surface area (Å²) < 4.78 is 10.5. The number of hydrogen-bond acceptors (Lipinski definition) is 6. The number of nitrogens with zero attached hydrogens (tertiary/aromatic N) is 2. The van der Waals surface area contributed by atoms with E-state index in [2.05, 4.69) is 5.32 Å². The minimum absolute atomic E-state index is 0.0906. The number of rotatable bonds is 8. The van der Waals surface area contributed by atoms with E-state index in [0.717, 1.165) is 11.1 Å². The number of methoxy groups -OCH3 is 2. The molecule has 1 N–H and O–H groups in total. The van der Waals surface area contributed by atoms with E-state index in [4.69, 9.17) is 21.1 Å². The minimum Gasteiger partial charge on any atom is -0.493 e. The summed E-state index contributed by atoms with van der Waals surface area (Å²) in [4.78, 5) is 43.4. The zero-order valence-corrected chi connectivity index (χ0v) is 23.2. The molecule has 39 heavy (non-hydrogen) atoms. The molecule has 3 aromatic carbocycles. The van der Waals surface area contributed by atoms with Crippen molar-refractivity contribution in [2.45, 2.75) is 12.1 Å². The van der Waals surface area contributed by atoms with Gasteiger partial charge in [0, 0.05) is 41.9 Å². The highest BCUT2D eigenvalue weighted by molar-refractivity contribution is 8.00. The molecule has 3 aromatic rings. The molecule has 0 radical (unpaired) electrons. The maximum absolute atomic E-state index is 13.6. The molecule has 0 aromatic heterocycles. The van der Waals surface area contributed by atoms with Crippen LogP contribution in [-0.4, -0.2) is 66.3 Å². The summed E-state index contributed by atoms with van der Waals surface area (Å²) in [6.07, 6.45) is 0.479. The Morgan fingerprint density at radius 2 is 1.72 bits per heavy atom. The molecule has 202 valence electrons. The molecule has 1 unspecified atom stereocenters. The SMILES string of the molecule is COc1ccc(NC(=O)CSCC(=O)N2CCN3C(=O)c4ccccc4CC23c2ccc(Cl)cc2)cc1OC. The molecule has 1 saturated heterocycles. The number of ether oxygens (including phenoxy) is 2. The Labute approximate surface area is 236 Å². The van der Waals surface area contributed by atoms with Gasteiger partial charge in [0.05, 0.1) is 25.7 Å². The van der Waals surface area contributed by atoms with Crippen LogP contribution in [0.1, 0.15) is 21.5 Å². The van der Waals surface area contributed by atoms with Crippen LogP contribution in [0.25, 0.3) is 0 Å². The molecule has 0 spiro atoms. The first-order valence-corrected chi connectivity index (χ1v) is 14.0. The Morgan fingerprint density at radius 3 is 2.46 bits per heavy atom. The van der Waals surface area contributed by atoms with Crippen molar-refractivity contribution >= 4 is 46.8 Å². The molecule has 0 aliphatic carbocycles. The Bertz CT molecular complexity index is 1420. The van der Waals surface area contributed by atoms with Gasteiger partial charge in [-0.05, 0) is 41.5 Å². The second-order valence-electron chi connectivity index (χ2n) is 9.27. The maximum Gasteiger partial charge on any atom is 0.256 e. The molecule has 2 aliphatic heterocycles. The highest BCUT2D eigenvalue weighted by Gasteiger charge is 2.55. The van der Waals surface area contributed by atoms with Crippen LogP contribution in [0.4, 0.5) is 5.69 Å². The van der Waals surface area contributed by atoms with Crippen molar-refractivity contribution in [2.24, 2.45) is 0 Å². The van der Waals surface area contributed by atoms with E-state index in [1.54, 1.807) is 47.2 Å². The van der Waals surface area contributed by atoms with E-state index in [-0.39, 0.29) is 29.2 Å². The fourth-order valence-electron chi connectivity index (χ4n) is 5.35. The number of anilines is 1. The minimum atomic E-state index is -0.949. The van der Waals surface area contributed by atoms with E-state index in [1.807, 2.05) is 36.4 Å².